The predicted molar refractivity (Wildman–Crippen MR) is 138 cm³/mol. The molecule has 3 aliphatic carbocycles. The van der Waals surface area contributed by atoms with Crippen molar-refractivity contribution >= 4 is 5.91 Å². The standard InChI is InChI=1S/C30H47NO3/c1-4-5-6-7-8-9-20-31(3)28(33)16-19-30(34)18-15-27-26-12-10-22-21-23(32)11-13-24(22)25(26)14-17-29(27,30)2/h11,13,21,25-27,32,34H,4-10,12,14-20H2,1-3H3/t25-,26-,27+,29+,30-/m1/s1. The van der Waals surface area contributed by atoms with Crippen molar-refractivity contribution < 1.29 is 15.0 Å². The lowest BCUT2D eigenvalue weighted by molar-refractivity contribution is -0.136. The van der Waals surface area contributed by atoms with Gasteiger partial charge in [0.15, 0.2) is 0 Å². The Bertz CT molecular complexity index is 853. The maximum absolute atomic E-state index is 12.9. The first-order valence-electron chi connectivity index (χ1n) is 14.1. The molecule has 2 N–H and O–H groups in total. The molecule has 4 nitrogen and oxygen atoms in total. The zero-order valence-corrected chi connectivity index (χ0v) is 21.8. The van der Waals surface area contributed by atoms with E-state index < -0.39 is 5.60 Å². The van der Waals surface area contributed by atoms with Gasteiger partial charge in [0.1, 0.15) is 5.75 Å². The number of phenols is 1. The lowest BCUT2D eigenvalue weighted by Gasteiger charge is -2.53. The van der Waals surface area contributed by atoms with Crippen LogP contribution in [0, 0.1) is 17.3 Å². The third kappa shape index (κ3) is 4.90. The van der Waals surface area contributed by atoms with Gasteiger partial charge >= 0.3 is 0 Å². The second-order valence-electron chi connectivity index (χ2n) is 11.9. The Morgan fingerprint density at radius 1 is 1.09 bits per heavy atom. The van der Waals surface area contributed by atoms with Crippen LogP contribution in [0.15, 0.2) is 18.2 Å². The van der Waals surface area contributed by atoms with Gasteiger partial charge in [-0.3, -0.25) is 4.79 Å². The fourth-order valence-corrected chi connectivity index (χ4v) is 7.85. The van der Waals surface area contributed by atoms with Crippen LogP contribution in [0.4, 0.5) is 0 Å². The summed E-state index contributed by atoms with van der Waals surface area (Å²) in [5.74, 6) is 2.24. The molecule has 4 rings (SSSR count). The molecule has 0 spiro atoms. The van der Waals surface area contributed by atoms with E-state index in [1.807, 2.05) is 24.1 Å². The third-order valence-corrected chi connectivity index (χ3v) is 10.1. The lowest BCUT2D eigenvalue weighted by Crippen LogP contribution is -2.51. The van der Waals surface area contributed by atoms with Crippen molar-refractivity contribution in [3.63, 3.8) is 0 Å². The molecule has 0 aromatic heterocycles. The number of phenolic OH excluding ortho intramolecular Hbond substituents is 1. The van der Waals surface area contributed by atoms with E-state index in [-0.39, 0.29) is 11.3 Å². The predicted octanol–water partition coefficient (Wildman–Crippen LogP) is 6.58. The molecule has 1 aromatic carbocycles. The van der Waals surface area contributed by atoms with Gasteiger partial charge in [-0.1, -0.05) is 52.0 Å². The highest BCUT2D eigenvalue weighted by Gasteiger charge is 2.61. The van der Waals surface area contributed by atoms with E-state index in [0.29, 0.717) is 36.3 Å². The average Bonchev–Trinajstić information content (AvgIpc) is 3.10. The number of carbonyl (C=O) groups excluding carboxylic acids is 1. The summed E-state index contributed by atoms with van der Waals surface area (Å²) in [6.07, 6.45) is 14.7. The van der Waals surface area contributed by atoms with Crippen molar-refractivity contribution in [1.82, 2.24) is 4.90 Å². The summed E-state index contributed by atoms with van der Waals surface area (Å²) in [6, 6.07) is 5.94. The minimum Gasteiger partial charge on any atom is -0.508 e. The number of rotatable bonds is 10. The zero-order chi connectivity index (χ0) is 24.3. The number of hydrogen-bond acceptors (Lipinski definition) is 3. The van der Waals surface area contributed by atoms with E-state index in [0.717, 1.165) is 51.5 Å². The first-order chi connectivity index (χ1) is 16.3. The number of carbonyl (C=O) groups is 1. The molecule has 4 heteroatoms. The van der Waals surface area contributed by atoms with Gasteiger partial charge < -0.3 is 15.1 Å². The van der Waals surface area contributed by atoms with Crippen LogP contribution in [0.5, 0.6) is 5.75 Å². The quantitative estimate of drug-likeness (QED) is 0.381. The van der Waals surface area contributed by atoms with E-state index >= 15 is 0 Å². The number of hydrogen-bond donors (Lipinski definition) is 2. The minimum absolute atomic E-state index is 0.0965. The number of fused-ring (bicyclic) bond motifs is 5. The molecule has 1 aromatic rings. The van der Waals surface area contributed by atoms with E-state index in [2.05, 4.69) is 19.9 Å². The van der Waals surface area contributed by atoms with Crippen LogP contribution in [0.3, 0.4) is 0 Å². The summed E-state index contributed by atoms with van der Waals surface area (Å²) in [5, 5.41) is 21.8. The monoisotopic (exact) mass is 469 g/mol. The fraction of sp³-hybridized carbons (Fsp3) is 0.767. The molecular weight excluding hydrogens is 422 g/mol. The van der Waals surface area contributed by atoms with E-state index in [9.17, 15) is 15.0 Å². The minimum atomic E-state index is -0.728. The summed E-state index contributed by atoms with van der Waals surface area (Å²) >= 11 is 0. The number of amides is 1. The fourth-order valence-electron chi connectivity index (χ4n) is 7.85. The summed E-state index contributed by atoms with van der Waals surface area (Å²) in [4.78, 5) is 14.8. The number of unbranched alkanes of at least 4 members (excludes halogenated alkanes) is 5. The summed E-state index contributed by atoms with van der Waals surface area (Å²) in [6.45, 7) is 5.39. The van der Waals surface area contributed by atoms with Crippen LogP contribution in [0.1, 0.15) is 114 Å². The van der Waals surface area contributed by atoms with Gasteiger partial charge in [0.05, 0.1) is 5.60 Å². The third-order valence-electron chi connectivity index (χ3n) is 10.1. The van der Waals surface area contributed by atoms with Crippen LogP contribution >= 0.6 is 0 Å². The molecule has 0 unspecified atom stereocenters. The van der Waals surface area contributed by atoms with E-state index in [1.165, 1.54) is 43.2 Å². The molecular formula is C30H47NO3. The molecule has 190 valence electrons. The van der Waals surface area contributed by atoms with Gasteiger partial charge in [0.25, 0.3) is 0 Å². The molecule has 2 fully saturated rings. The van der Waals surface area contributed by atoms with Crippen molar-refractivity contribution in [2.75, 3.05) is 13.6 Å². The summed E-state index contributed by atoms with van der Waals surface area (Å²) in [5.41, 5.74) is 1.92. The molecule has 0 radical (unpaired) electrons. The summed E-state index contributed by atoms with van der Waals surface area (Å²) in [7, 11) is 1.93. The van der Waals surface area contributed by atoms with Gasteiger partial charge in [-0.25, -0.2) is 0 Å². The lowest BCUT2D eigenvalue weighted by atomic mass is 9.53. The number of aromatic hydroxyl groups is 1. The highest BCUT2D eigenvalue weighted by atomic mass is 16.3. The SMILES string of the molecule is CCCCCCCCN(C)C(=O)CC[C@]1(O)CC[C@H]2[C@@H]3CCc4cc(O)ccc4[C@H]3CC[C@@]21C. The van der Waals surface area contributed by atoms with E-state index in [1.54, 1.807) is 0 Å². The Hall–Kier alpha value is -1.55. The average molecular weight is 470 g/mol. The van der Waals surface area contributed by atoms with Gasteiger partial charge in [-0.05, 0) is 97.8 Å². The molecule has 0 saturated heterocycles. The second-order valence-corrected chi connectivity index (χ2v) is 11.9. The number of nitrogens with zero attached hydrogens (tertiary/aromatic N) is 1. The normalized spacial score (nSPS) is 32.1. The zero-order valence-electron chi connectivity index (χ0n) is 21.8. The molecule has 1 amide bonds. The van der Waals surface area contributed by atoms with Gasteiger partial charge in [0.2, 0.25) is 5.91 Å². The van der Waals surface area contributed by atoms with Crippen LogP contribution in [-0.4, -0.2) is 40.2 Å². The highest BCUT2D eigenvalue weighted by Crippen LogP contribution is 2.65. The first kappa shape index (κ1) is 25.5. The Morgan fingerprint density at radius 2 is 1.85 bits per heavy atom. The molecule has 2 saturated carbocycles. The molecule has 34 heavy (non-hydrogen) atoms. The first-order valence-corrected chi connectivity index (χ1v) is 14.1. The molecule has 0 aliphatic heterocycles. The van der Waals surface area contributed by atoms with Crippen molar-refractivity contribution in [3.8, 4) is 5.75 Å². The number of benzene rings is 1. The molecule has 3 aliphatic rings. The van der Waals surface area contributed by atoms with Gasteiger partial charge in [-0.15, -0.1) is 0 Å². The molecule has 0 bridgehead atoms. The Labute approximate surface area is 207 Å². The smallest absolute Gasteiger partial charge is 0.222 e. The molecule has 5 atom stereocenters. The second kappa shape index (κ2) is 10.6. The summed E-state index contributed by atoms with van der Waals surface area (Å²) < 4.78 is 0. The van der Waals surface area contributed by atoms with Crippen molar-refractivity contribution in [2.24, 2.45) is 17.3 Å². The van der Waals surface area contributed by atoms with Gasteiger partial charge in [0, 0.05) is 20.0 Å². The maximum atomic E-state index is 12.9. The van der Waals surface area contributed by atoms with Gasteiger partial charge in [-0.2, -0.15) is 0 Å². The van der Waals surface area contributed by atoms with Crippen molar-refractivity contribution in [1.29, 1.82) is 0 Å². The Balaban J connectivity index is 1.33. The molecule has 0 heterocycles. The highest BCUT2D eigenvalue weighted by molar-refractivity contribution is 5.75. The van der Waals surface area contributed by atoms with Crippen LogP contribution in [-0.2, 0) is 11.2 Å². The Kier molecular flexibility index (Phi) is 7.96. The van der Waals surface area contributed by atoms with Crippen LogP contribution < -0.4 is 0 Å². The largest absolute Gasteiger partial charge is 0.508 e. The number of aryl methyl sites for hydroxylation is 1. The van der Waals surface area contributed by atoms with E-state index in [4.69, 9.17) is 0 Å². The van der Waals surface area contributed by atoms with Crippen molar-refractivity contribution in [2.45, 2.75) is 115 Å². The van der Waals surface area contributed by atoms with Crippen molar-refractivity contribution in [3.05, 3.63) is 29.3 Å². The topological polar surface area (TPSA) is 60.8 Å². The van der Waals surface area contributed by atoms with Crippen LogP contribution in [0.2, 0.25) is 0 Å². The maximum Gasteiger partial charge on any atom is 0.222 e. The number of aliphatic hydroxyl groups is 1. The Morgan fingerprint density at radius 3 is 2.65 bits per heavy atom. The van der Waals surface area contributed by atoms with Crippen LogP contribution in [0.25, 0.3) is 0 Å².